The molecule has 1 aliphatic rings. The van der Waals surface area contributed by atoms with Crippen molar-refractivity contribution >= 4 is 11.6 Å². The Hall–Kier alpha value is -0.630. The molecule has 0 bridgehead atoms. The van der Waals surface area contributed by atoms with E-state index in [0.717, 1.165) is 18.4 Å². The Morgan fingerprint density at radius 3 is 3.17 bits per heavy atom. The van der Waals surface area contributed by atoms with Crippen molar-refractivity contribution in [2.45, 2.75) is 25.4 Å². The van der Waals surface area contributed by atoms with Gasteiger partial charge in [-0.2, -0.15) is 0 Å². The van der Waals surface area contributed by atoms with Gasteiger partial charge in [0.15, 0.2) is 0 Å². The van der Waals surface area contributed by atoms with Gasteiger partial charge in [-0.1, -0.05) is 11.6 Å². The lowest BCUT2D eigenvalue weighted by Crippen LogP contribution is -2.08. The van der Waals surface area contributed by atoms with E-state index in [0.29, 0.717) is 17.1 Å². The van der Waals surface area contributed by atoms with Gasteiger partial charge in [0.1, 0.15) is 6.17 Å². The minimum atomic E-state index is -0.910. The molecule has 0 saturated carbocycles. The number of alkyl halides is 1. The predicted molar refractivity (Wildman–Crippen MR) is 46.0 cm³/mol. The highest BCUT2D eigenvalue weighted by Gasteiger charge is 2.22. The second-order valence-corrected chi connectivity index (χ2v) is 3.42. The van der Waals surface area contributed by atoms with Crippen LogP contribution < -0.4 is 0 Å². The molecular formula is C9H9ClFN. The first-order chi connectivity index (χ1) is 5.79. The van der Waals surface area contributed by atoms with Gasteiger partial charge in [-0.3, -0.25) is 4.98 Å². The van der Waals surface area contributed by atoms with Crippen molar-refractivity contribution in [1.29, 1.82) is 0 Å². The number of halogens is 2. The zero-order chi connectivity index (χ0) is 8.55. The van der Waals surface area contributed by atoms with Crippen LogP contribution in [0.25, 0.3) is 0 Å². The van der Waals surface area contributed by atoms with Gasteiger partial charge in [0.2, 0.25) is 0 Å². The van der Waals surface area contributed by atoms with E-state index < -0.39 is 6.17 Å². The van der Waals surface area contributed by atoms with Gasteiger partial charge in [-0.15, -0.1) is 0 Å². The zero-order valence-electron chi connectivity index (χ0n) is 6.56. The van der Waals surface area contributed by atoms with Crippen LogP contribution in [-0.2, 0) is 6.42 Å². The first-order valence-corrected chi connectivity index (χ1v) is 4.44. The largest absolute Gasteiger partial charge is 0.258 e. The fourth-order valence-corrected chi connectivity index (χ4v) is 1.84. The molecule has 64 valence electrons. The number of rotatable bonds is 0. The Balaban J connectivity index is 2.52. The monoisotopic (exact) mass is 185 g/mol. The van der Waals surface area contributed by atoms with E-state index in [1.807, 2.05) is 0 Å². The summed E-state index contributed by atoms with van der Waals surface area (Å²) in [6, 6.07) is 1.72. The van der Waals surface area contributed by atoms with Gasteiger partial charge >= 0.3 is 0 Å². The van der Waals surface area contributed by atoms with Gasteiger partial charge in [-0.25, -0.2) is 4.39 Å². The van der Waals surface area contributed by atoms with Crippen LogP contribution in [0.4, 0.5) is 4.39 Å². The molecule has 0 fully saturated rings. The maximum absolute atomic E-state index is 13.2. The second kappa shape index (κ2) is 3.02. The van der Waals surface area contributed by atoms with Crippen molar-refractivity contribution in [1.82, 2.24) is 4.98 Å². The fraction of sp³-hybridized carbons (Fsp3) is 0.444. The van der Waals surface area contributed by atoms with Gasteiger partial charge in [-0.05, 0) is 30.9 Å². The van der Waals surface area contributed by atoms with Gasteiger partial charge < -0.3 is 0 Å². The van der Waals surface area contributed by atoms with E-state index in [9.17, 15) is 4.39 Å². The lowest BCUT2D eigenvalue weighted by Gasteiger charge is -2.18. The SMILES string of the molecule is FC1CCCc2c(Cl)ccnc21. The van der Waals surface area contributed by atoms with E-state index in [1.54, 1.807) is 12.3 Å². The Labute approximate surface area is 75.6 Å². The maximum Gasteiger partial charge on any atom is 0.142 e. The van der Waals surface area contributed by atoms with Crippen molar-refractivity contribution in [2.75, 3.05) is 0 Å². The molecule has 1 nitrogen and oxygen atoms in total. The third-order valence-electron chi connectivity index (χ3n) is 2.21. The van der Waals surface area contributed by atoms with Crippen molar-refractivity contribution in [3.05, 3.63) is 28.5 Å². The van der Waals surface area contributed by atoms with Crippen LogP contribution in [0, 0.1) is 0 Å². The van der Waals surface area contributed by atoms with Crippen LogP contribution in [0.3, 0.4) is 0 Å². The number of fused-ring (bicyclic) bond motifs is 1. The topological polar surface area (TPSA) is 12.9 Å². The number of nitrogens with zero attached hydrogens (tertiary/aromatic N) is 1. The molecule has 0 N–H and O–H groups in total. The Bertz CT molecular complexity index is 301. The average molecular weight is 186 g/mol. The predicted octanol–water partition coefficient (Wildman–Crippen LogP) is 3.08. The molecule has 0 aliphatic heterocycles. The number of hydrogen-bond acceptors (Lipinski definition) is 1. The maximum atomic E-state index is 13.2. The van der Waals surface area contributed by atoms with Crippen LogP contribution in [0.15, 0.2) is 12.3 Å². The summed E-state index contributed by atoms with van der Waals surface area (Å²) in [6.07, 6.45) is 2.98. The van der Waals surface area contributed by atoms with Crippen molar-refractivity contribution in [3.8, 4) is 0 Å². The minimum Gasteiger partial charge on any atom is -0.258 e. The lowest BCUT2D eigenvalue weighted by atomic mass is 9.95. The molecule has 0 aromatic carbocycles. The van der Waals surface area contributed by atoms with E-state index in [2.05, 4.69) is 4.98 Å². The first kappa shape index (κ1) is 7.99. The van der Waals surface area contributed by atoms with Crippen LogP contribution >= 0.6 is 11.6 Å². The molecular weight excluding hydrogens is 177 g/mol. The average Bonchev–Trinajstić information content (AvgIpc) is 2.07. The Kier molecular flexibility index (Phi) is 2.01. The third kappa shape index (κ3) is 1.20. The fourth-order valence-electron chi connectivity index (χ4n) is 1.60. The van der Waals surface area contributed by atoms with Crippen LogP contribution in [0.5, 0.6) is 0 Å². The molecule has 1 atom stereocenters. The highest BCUT2D eigenvalue weighted by molar-refractivity contribution is 6.31. The summed E-state index contributed by atoms with van der Waals surface area (Å²) in [6.45, 7) is 0. The molecule has 12 heavy (non-hydrogen) atoms. The normalized spacial score (nSPS) is 22.0. The molecule has 3 heteroatoms. The summed E-state index contributed by atoms with van der Waals surface area (Å²) in [5, 5.41) is 0.655. The van der Waals surface area contributed by atoms with E-state index in [1.165, 1.54) is 0 Å². The third-order valence-corrected chi connectivity index (χ3v) is 2.57. The number of pyridine rings is 1. The molecule has 0 radical (unpaired) electrons. The van der Waals surface area contributed by atoms with Crippen LogP contribution in [0.2, 0.25) is 5.02 Å². The first-order valence-electron chi connectivity index (χ1n) is 4.06. The second-order valence-electron chi connectivity index (χ2n) is 3.02. The van der Waals surface area contributed by atoms with Crippen molar-refractivity contribution < 1.29 is 4.39 Å². The van der Waals surface area contributed by atoms with Crippen molar-refractivity contribution in [2.24, 2.45) is 0 Å². The highest BCUT2D eigenvalue weighted by Crippen LogP contribution is 2.34. The summed E-state index contributed by atoms with van der Waals surface area (Å²) in [7, 11) is 0. The van der Waals surface area contributed by atoms with Crippen LogP contribution in [0.1, 0.15) is 30.3 Å². The van der Waals surface area contributed by atoms with E-state index in [4.69, 9.17) is 11.6 Å². The standard InChI is InChI=1S/C9H9ClFN/c10-7-4-5-12-9-6(7)2-1-3-8(9)11/h4-5,8H,1-3H2. The zero-order valence-corrected chi connectivity index (χ0v) is 7.31. The molecule has 2 rings (SSSR count). The summed E-state index contributed by atoms with van der Waals surface area (Å²) in [5.41, 5.74) is 1.45. The quantitative estimate of drug-likeness (QED) is 0.605. The summed E-state index contributed by atoms with van der Waals surface area (Å²) in [4.78, 5) is 4.00. The number of hydrogen-bond donors (Lipinski definition) is 0. The molecule has 0 amide bonds. The Morgan fingerprint density at radius 2 is 2.42 bits per heavy atom. The highest BCUT2D eigenvalue weighted by atomic mass is 35.5. The van der Waals surface area contributed by atoms with E-state index in [-0.39, 0.29) is 0 Å². The molecule has 1 aromatic rings. The molecule has 1 aromatic heterocycles. The summed E-state index contributed by atoms with van der Waals surface area (Å²) < 4.78 is 13.2. The van der Waals surface area contributed by atoms with Gasteiger partial charge in [0.05, 0.1) is 5.69 Å². The Morgan fingerprint density at radius 1 is 1.58 bits per heavy atom. The molecule has 0 saturated heterocycles. The molecule has 1 unspecified atom stereocenters. The minimum absolute atomic E-state index is 0.550. The summed E-state index contributed by atoms with van der Waals surface area (Å²) >= 11 is 5.90. The van der Waals surface area contributed by atoms with Crippen molar-refractivity contribution in [3.63, 3.8) is 0 Å². The van der Waals surface area contributed by atoms with Gasteiger partial charge in [0, 0.05) is 11.2 Å². The molecule has 0 spiro atoms. The summed E-state index contributed by atoms with van der Waals surface area (Å²) in [5.74, 6) is 0. The smallest absolute Gasteiger partial charge is 0.142 e. The lowest BCUT2D eigenvalue weighted by molar-refractivity contribution is 0.294. The van der Waals surface area contributed by atoms with Crippen LogP contribution in [-0.4, -0.2) is 4.98 Å². The molecule has 1 aliphatic carbocycles. The van der Waals surface area contributed by atoms with E-state index >= 15 is 0 Å². The van der Waals surface area contributed by atoms with Gasteiger partial charge in [0.25, 0.3) is 0 Å². The molecule has 1 heterocycles. The number of aromatic nitrogens is 1.